The Morgan fingerprint density at radius 3 is 2.56 bits per heavy atom. The van der Waals surface area contributed by atoms with Crippen LogP contribution in [0.5, 0.6) is 11.5 Å². The number of fused-ring (bicyclic) bond motifs is 1. The lowest BCUT2D eigenvalue weighted by atomic mass is 10.0. The van der Waals surface area contributed by atoms with Gasteiger partial charge in [0.1, 0.15) is 17.3 Å². The van der Waals surface area contributed by atoms with E-state index in [1.165, 1.54) is 12.5 Å². The number of hydrogen-bond acceptors (Lipinski definition) is 6. The second kappa shape index (κ2) is 9.51. The maximum atomic E-state index is 13.0. The standard InChI is InChI=1S/C26H22N6O3S/c1-36(2,34)32-24-11-9-19(15-28-24)29-26(33)25-22-13-17(8-10-23(22)30-31-25)18-12-21(16-27-14-18)35-20-6-4-3-5-7-20/h3-16H,1H2,2H3,(H,29,33)(H,30,31)(H,28,32,34). The Kier molecular flexibility index (Phi) is 6.09. The van der Waals surface area contributed by atoms with Crippen LogP contribution in [-0.2, 0) is 9.71 Å². The molecule has 0 saturated carbocycles. The summed E-state index contributed by atoms with van der Waals surface area (Å²) in [6, 6.07) is 20.3. The van der Waals surface area contributed by atoms with Crippen LogP contribution in [0.4, 0.5) is 11.5 Å². The maximum Gasteiger partial charge on any atom is 0.276 e. The molecule has 0 aliphatic rings. The van der Waals surface area contributed by atoms with Gasteiger partial charge in [-0.05, 0) is 53.9 Å². The summed E-state index contributed by atoms with van der Waals surface area (Å²) < 4.78 is 20.4. The molecule has 3 heterocycles. The first kappa shape index (κ1) is 23.1. The molecule has 0 fully saturated rings. The van der Waals surface area contributed by atoms with Gasteiger partial charge in [-0.3, -0.25) is 19.6 Å². The molecular weight excluding hydrogens is 476 g/mol. The van der Waals surface area contributed by atoms with E-state index in [0.717, 1.165) is 16.6 Å². The van der Waals surface area contributed by atoms with Crippen LogP contribution in [0.3, 0.4) is 0 Å². The summed E-state index contributed by atoms with van der Waals surface area (Å²) in [6.45, 7) is 0. The van der Waals surface area contributed by atoms with Gasteiger partial charge in [-0.25, -0.2) is 9.19 Å². The molecule has 0 aliphatic heterocycles. The monoisotopic (exact) mass is 498 g/mol. The summed E-state index contributed by atoms with van der Waals surface area (Å²) in [5.41, 5.74) is 3.13. The minimum Gasteiger partial charge on any atom is -0.456 e. The number of para-hydroxylation sites is 1. The van der Waals surface area contributed by atoms with Gasteiger partial charge in [0.25, 0.3) is 5.91 Å². The molecule has 5 rings (SSSR count). The fourth-order valence-electron chi connectivity index (χ4n) is 3.56. The number of benzene rings is 2. The van der Waals surface area contributed by atoms with E-state index in [2.05, 4.69) is 36.1 Å². The van der Waals surface area contributed by atoms with Crippen molar-refractivity contribution < 1.29 is 13.7 Å². The summed E-state index contributed by atoms with van der Waals surface area (Å²) in [4.78, 5) is 21.4. The lowest BCUT2D eigenvalue weighted by molar-refractivity contribution is 0.102. The fraction of sp³-hybridized carbons (Fsp3) is 0.0385. The van der Waals surface area contributed by atoms with Crippen LogP contribution in [0.15, 0.2) is 85.3 Å². The van der Waals surface area contributed by atoms with Crippen molar-refractivity contribution in [1.82, 2.24) is 20.2 Å². The van der Waals surface area contributed by atoms with E-state index >= 15 is 0 Å². The highest BCUT2D eigenvalue weighted by molar-refractivity contribution is 8.00. The van der Waals surface area contributed by atoms with E-state index in [1.807, 2.05) is 54.6 Å². The normalized spacial score (nSPS) is 12.6. The van der Waals surface area contributed by atoms with E-state index in [4.69, 9.17) is 4.74 Å². The van der Waals surface area contributed by atoms with Gasteiger partial charge in [-0.15, -0.1) is 0 Å². The molecule has 0 bridgehead atoms. The Morgan fingerprint density at radius 1 is 0.972 bits per heavy atom. The Bertz CT molecular complexity index is 1650. The highest BCUT2D eigenvalue weighted by atomic mass is 32.2. The summed E-state index contributed by atoms with van der Waals surface area (Å²) in [5.74, 6) is 4.86. The molecule has 2 aromatic carbocycles. The molecule has 0 spiro atoms. The van der Waals surface area contributed by atoms with Gasteiger partial charge in [0.2, 0.25) is 0 Å². The predicted molar refractivity (Wildman–Crippen MR) is 143 cm³/mol. The van der Waals surface area contributed by atoms with E-state index in [9.17, 15) is 9.00 Å². The quantitative estimate of drug-likeness (QED) is 0.279. The third kappa shape index (κ3) is 5.34. The number of pyridine rings is 2. The van der Waals surface area contributed by atoms with E-state index in [-0.39, 0.29) is 5.69 Å². The summed E-state index contributed by atoms with van der Waals surface area (Å²) in [5, 5.41) is 10.6. The first-order valence-corrected chi connectivity index (χ1v) is 13.0. The van der Waals surface area contributed by atoms with Crippen molar-refractivity contribution in [2.45, 2.75) is 0 Å². The number of nitrogens with one attached hydrogen (secondary N) is 3. The Hall–Kier alpha value is -4.70. The lowest BCUT2D eigenvalue weighted by Gasteiger charge is -2.08. The van der Waals surface area contributed by atoms with Crippen molar-refractivity contribution >= 4 is 43.9 Å². The lowest BCUT2D eigenvalue weighted by Crippen LogP contribution is -2.14. The summed E-state index contributed by atoms with van der Waals surface area (Å²) in [6.07, 6.45) is 6.33. The van der Waals surface area contributed by atoms with Crippen LogP contribution in [-0.4, -0.2) is 42.4 Å². The highest BCUT2D eigenvalue weighted by Gasteiger charge is 2.16. The van der Waals surface area contributed by atoms with Crippen molar-refractivity contribution in [3.05, 3.63) is 91.0 Å². The van der Waals surface area contributed by atoms with Crippen LogP contribution >= 0.6 is 0 Å². The van der Waals surface area contributed by atoms with Gasteiger partial charge in [0, 0.05) is 33.1 Å². The van der Waals surface area contributed by atoms with E-state index < -0.39 is 15.6 Å². The summed E-state index contributed by atoms with van der Waals surface area (Å²) >= 11 is 0. The molecule has 10 heteroatoms. The predicted octanol–water partition coefficient (Wildman–Crippen LogP) is 4.74. The van der Waals surface area contributed by atoms with E-state index in [0.29, 0.717) is 28.4 Å². The van der Waals surface area contributed by atoms with Crippen molar-refractivity contribution in [1.29, 1.82) is 0 Å². The van der Waals surface area contributed by atoms with Crippen molar-refractivity contribution in [2.75, 3.05) is 16.3 Å². The molecule has 3 aromatic heterocycles. The molecule has 1 atom stereocenters. The average molecular weight is 499 g/mol. The molecule has 36 heavy (non-hydrogen) atoms. The van der Waals surface area contributed by atoms with Crippen LogP contribution in [0.2, 0.25) is 0 Å². The zero-order valence-corrected chi connectivity index (χ0v) is 20.1. The largest absolute Gasteiger partial charge is 0.456 e. The summed E-state index contributed by atoms with van der Waals surface area (Å²) in [7, 11) is -2.44. The minimum absolute atomic E-state index is 0.244. The maximum absolute atomic E-state index is 13.0. The Labute approximate surface area is 207 Å². The average Bonchev–Trinajstić information content (AvgIpc) is 3.29. The molecule has 9 nitrogen and oxygen atoms in total. The van der Waals surface area contributed by atoms with Gasteiger partial charge in [-0.2, -0.15) is 5.10 Å². The SMILES string of the molecule is C=S(C)(=O)Nc1ccc(NC(=O)c2n[nH]c3ccc(-c4cncc(Oc5ccccc5)c4)cc23)cn1. The van der Waals surface area contributed by atoms with Gasteiger partial charge >= 0.3 is 0 Å². The molecule has 5 aromatic rings. The number of amides is 1. The first-order valence-electron chi connectivity index (χ1n) is 10.9. The van der Waals surface area contributed by atoms with Crippen LogP contribution in [0.1, 0.15) is 10.5 Å². The third-order valence-corrected chi connectivity index (χ3v) is 5.79. The number of anilines is 2. The van der Waals surface area contributed by atoms with Crippen LogP contribution < -0.4 is 14.8 Å². The van der Waals surface area contributed by atoms with E-state index in [1.54, 1.807) is 24.5 Å². The number of carbonyl (C=O) groups excluding carboxylic acids is 1. The number of carbonyl (C=O) groups is 1. The molecule has 1 unspecified atom stereocenters. The first-order chi connectivity index (χ1) is 17.3. The number of hydrogen-bond donors (Lipinski definition) is 3. The molecule has 0 radical (unpaired) electrons. The molecule has 0 saturated heterocycles. The molecule has 3 N–H and O–H groups in total. The van der Waals surface area contributed by atoms with Crippen LogP contribution in [0.25, 0.3) is 22.0 Å². The molecule has 180 valence electrons. The number of ether oxygens (including phenoxy) is 1. The molecule has 1 amide bonds. The van der Waals surface area contributed by atoms with Gasteiger partial charge in [-0.1, -0.05) is 24.3 Å². The van der Waals surface area contributed by atoms with Crippen molar-refractivity contribution in [2.24, 2.45) is 0 Å². The van der Waals surface area contributed by atoms with Gasteiger partial charge in [0.15, 0.2) is 5.69 Å². The van der Waals surface area contributed by atoms with Crippen molar-refractivity contribution in [3.63, 3.8) is 0 Å². The fourth-order valence-corrected chi connectivity index (χ4v) is 4.13. The molecular formula is C26H22N6O3S. The van der Waals surface area contributed by atoms with Crippen molar-refractivity contribution in [3.8, 4) is 22.6 Å². The number of nitrogens with zero attached hydrogens (tertiary/aromatic N) is 3. The zero-order chi connectivity index (χ0) is 25.1. The van der Waals surface area contributed by atoms with Gasteiger partial charge < -0.3 is 10.1 Å². The third-order valence-electron chi connectivity index (χ3n) is 5.15. The van der Waals surface area contributed by atoms with Gasteiger partial charge in [0.05, 0.1) is 23.6 Å². The number of aromatic nitrogens is 4. The highest BCUT2D eigenvalue weighted by Crippen LogP contribution is 2.29. The topological polar surface area (TPSA) is 122 Å². The van der Waals surface area contributed by atoms with Crippen LogP contribution in [0, 0.1) is 0 Å². The Balaban J connectivity index is 1.38. The number of H-pyrrole nitrogens is 1. The second-order valence-corrected chi connectivity index (χ2v) is 10.4. The zero-order valence-electron chi connectivity index (χ0n) is 19.3. The smallest absolute Gasteiger partial charge is 0.276 e. The number of aromatic amines is 1. The minimum atomic E-state index is -2.44. The second-order valence-electron chi connectivity index (χ2n) is 8.15. The number of rotatable bonds is 7. The Morgan fingerprint density at radius 2 is 1.81 bits per heavy atom. The molecule has 0 aliphatic carbocycles.